The Morgan fingerprint density at radius 2 is 2.11 bits per heavy atom. The molecule has 19 heavy (non-hydrogen) atoms. The van der Waals surface area contributed by atoms with Gasteiger partial charge in [0, 0.05) is 18.7 Å². The zero-order valence-electron chi connectivity index (χ0n) is 12.3. The highest BCUT2D eigenvalue weighted by molar-refractivity contribution is 5.04. The lowest BCUT2D eigenvalue weighted by Gasteiger charge is -2.25. The van der Waals surface area contributed by atoms with Gasteiger partial charge in [0.25, 0.3) is 0 Å². The summed E-state index contributed by atoms with van der Waals surface area (Å²) in [6, 6.07) is 2.45. The first-order valence-electron chi connectivity index (χ1n) is 7.43. The molecule has 0 radical (unpaired) electrons. The topological polar surface area (TPSA) is 47.3 Å². The Balaban J connectivity index is 1.71. The average molecular weight is 266 g/mol. The molecule has 4 nitrogen and oxygen atoms in total. The Hall–Kier alpha value is -0.870. The van der Waals surface area contributed by atoms with E-state index in [0.29, 0.717) is 18.8 Å². The minimum Gasteiger partial charge on any atom is -0.370 e. The summed E-state index contributed by atoms with van der Waals surface area (Å²) in [7, 11) is 0. The first-order valence-corrected chi connectivity index (χ1v) is 7.43. The number of nitrogens with one attached hydrogen (secondary N) is 1. The van der Waals surface area contributed by atoms with Crippen LogP contribution in [0.2, 0.25) is 0 Å². The molecule has 0 unspecified atom stereocenters. The van der Waals surface area contributed by atoms with Crippen molar-refractivity contribution in [1.29, 1.82) is 0 Å². The van der Waals surface area contributed by atoms with E-state index < -0.39 is 0 Å². The normalized spacial score (nSPS) is 24.0. The molecule has 1 aliphatic carbocycles. The number of nitrogens with zero attached hydrogens (tertiary/aromatic N) is 1. The Kier molecular flexibility index (Phi) is 5.40. The number of hydrogen-bond donors (Lipinski definition) is 1. The van der Waals surface area contributed by atoms with Gasteiger partial charge in [-0.25, -0.2) is 0 Å². The minimum absolute atomic E-state index is 0.401. The van der Waals surface area contributed by atoms with Crippen molar-refractivity contribution in [2.24, 2.45) is 5.92 Å². The third-order valence-corrected chi connectivity index (χ3v) is 3.72. The third kappa shape index (κ3) is 4.96. The molecule has 1 fully saturated rings. The van der Waals surface area contributed by atoms with E-state index in [-0.39, 0.29) is 0 Å². The highest BCUT2D eigenvalue weighted by Crippen LogP contribution is 2.26. The van der Waals surface area contributed by atoms with E-state index in [1.54, 1.807) is 0 Å². The lowest BCUT2D eigenvalue weighted by molar-refractivity contribution is -0.000645. The van der Waals surface area contributed by atoms with Gasteiger partial charge in [0.1, 0.15) is 6.61 Å². The standard InChI is InChI=1S/C15H26N2O2/c1-11(2)16-9-13-8-15(19-17-13)10-18-14-6-4-12(3)5-7-14/h8,11-12,14,16H,4-7,9-10H2,1-3H3. The fourth-order valence-corrected chi connectivity index (χ4v) is 2.41. The van der Waals surface area contributed by atoms with Crippen molar-refractivity contribution >= 4 is 0 Å². The Morgan fingerprint density at radius 3 is 2.79 bits per heavy atom. The number of aromatic nitrogens is 1. The third-order valence-electron chi connectivity index (χ3n) is 3.72. The van der Waals surface area contributed by atoms with E-state index in [2.05, 4.69) is 31.2 Å². The van der Waals surface area contributed by atoms with Gasteiger partial charge in [-0.05, 0) is 31.6 Å². The number of ether oxygens (including phenoxy) is 1. The molecule has 0 saturated heterocycles. The Bertz CT molecular complexity index is 368. The Labute approximate surface area is 115 Å². The maximum absolute atomic E-state index is 5.90. The Morgan fingerprint density at radius 1 is 1.37 bits per heavy atom. The van der Waals surface area contributed by atoms with Crippen LogP contribution < -0.4 is 5.32 Å². The molecule has 1 heterocycles. The maximum atomic E-state index is 5.90. The zero-order chi connectivity index (χ0) is 13.7. The highest BCUT2D eigenvalue weighted by atomic mass is 16.5. The van der Waals surface area contributed by atoms with Gasteiger partial charge in [-0.2, -0.15) is 0 Å². The molecule has 0 aliphatic heterocycles. The van der Waals surface area contributed by atoms with Crippen LogP contribution in [-0.4, -0.2) is 17.3 Å². The summed E-state index contributed by atoms with van der Waals surface area (Å²) < 4.78 is 11.2. The molecule has 2 rings (SSSR count). The highest BCUT2D eigenvalue weighted by Gasteiger charge is 2.19. The quantitative estimate of drug-likeness (QED) is 0.858. The van der Waals surface area contributed by atoms with E-state index in [1.165, 1.54) is 25.7 Å². The lowest BCUT2D eigenvalue weighted by Crippen LogP contribution is -2.21. The fraction of sp³-hybridized carbons (Fsp3) is 0.800. The average Bonchev–Trinajstić information content (AvgIpc) is 2.84. The van der Waals surface area contributed by atoms with Gasteiger partial charge in [0.2, 0.25) is 0 Å². The number of hydrogen-bond acceptors (Lipinski definition) is 4. The molecule has 1 aliphatic rings. The number of rotatable bonds is 6. The summed E-state index contributed by atoms with van der Waals surface area (Å²) >= 11 is 0. The second-order valence-electron chi connectivity index (χ2n) is 6.01. The smallest absolute Gasteiger partial charge is 0.162 e. The van der Waals surface area contributed by atoms with Crippen molar-refractivity contribution in [2.75, 3.05) is 0 Å². The molecule has 1 N–H and O–H groups in total. The van der Waals surface area contributed by atoms with E-state index in [0.717, 1.165) is 23.9 Å². The van der Waals surface area contributed by atoms with Crippen molar-refractivity contribution in [3.05, 3.63) is 17.5 Å². The molecule has 0 spiro atoms. The summed E-state index contributed by atoms with van der Waals surface area (Å²) in [5.41, 5.74) is 0.949. The van der Waals surface area contributed by atoms with Crippen LogP contribution in [0, 0.1) is 5.92 Å². The molecule has 0 amide bonds. The van der Waals surface area contributed by atoms with Crippen LogP contribution in [0.5, 0.6) is 0 Å². The van der Waals surface area contributed by atoms with Crippen LogP contribution in [0.25, 0.3) is 0 Å². The van der Waals surface area contributed by atoms with Crippen LogP contribution in [0.4, 0.5) is 0 Å². The van der Waals surface area contributed by atoms with E-state index in [1.807, 2.05) is 6.07 Å². The first kappa shape index (κ1) is 14.5. The second-order valence-corrected chi connectivity index (χ2v) is 6.01. The lowest BCUT2D eigenvalue weighted by atomic mass is 9.89. The summed E-state index contributed by atoms with van der Waals surface area (Å²) in [5.74, 6) is 1.69. The molecule has 1 saturated carbocycles. The van der Waals surface area contributed by atoms with Gasteiger partial charge in [-0.15, -0.1) is 0 Å². The second kappa shape index (κ2) is 7.06. The van der Waals surface area contributed by atoms with Crippen LogP contribution in [0.3, 0.4) is 0 Å². The predicted octanol–water partition coefficient (Wildman–Crippen LogP) is 3.27. The van der Waals surface area contributed by atoms with Gasteiger partial charge in [0.15, 0.2) is 5.76 Å². The van der Waals surface area contributed by atoms with Crippen molar-refractivity contribution in [3.63, 3.8) is 0 Å². The van der Waals surface area contributed by atoms with Crippen LogP contribution in [0.1, 0.15) is 57.9 Å². The molecule has 1 aromatic heterocycles. The molecule has 0 bridgehead atoms. The van der Waals surface area contributed by atoms with Gasteiger partial charge < -0.3 is 14.6 Å². The molecule has 0 aromatic carbocycles. The largest absolute Gasteiger partial charge is 0.370 e. The van der Waals surface area contributed by atoms with E-state index in [4.69, 9.17) is 9.26 Å². The van der Waals surface area contributed by atoms with Crippen LogP contribution in [-0.2, 0) is 17.9 Å². The monoisotopic (exact) mass is 266 g/mol. The maximum Gasteiger partial charge on any atom is 0.162 e. The summed E-state index contributed by atoms with van der Waals surface area (Å²) in [6.07, 6.45) is 5.32. The van der Waals surface area contributed by atoms with Crippen molar-refractivity contribution in [1.82, 2.24) is 10.5 Å². The summed E-state index contributed by atoms with van der Waals surface area (Å²) in [5, 5.41) is 7.37. The first-order chi connectivity index (χ1) is 9.13. The summed E-state index contributed by atoms with van der Waals surface area (Å²) in [6.45, 7) is 7.86. The van der Waals surface area contributed by atoms with E-state index in [9.17, 15) is 0 Å². The van der Waals surface area contributed by atoms with Gasteiger partial charge in [0.05, 0.1) is 11.8 Å². The van der Waals surface area contributed by atoms with Gasteiger partial charge in [-0.3, -0.25) is 0 Å². The van der Waals surface area contributed by atoms with Crippen LogP contribution in [0.15, 0.2) is 10.6 Å². The molecular weight excluding hydrogens is 240 g/mol. The SMILES string of the molecule is CC1CCC(OCc2cc(CNC(C)C)no2)CC1. The molecular formula is C15H26N2O2. The minimum atomic E-state index is 0.401. The molecule has 108 valence electrons. The van der Waals surface area contributed by atoms with Crippen molar-refractivity contribution < 1.29 is 9.26 Å². The van der Waals surface area contributed by atoms with Gasteiger partial charge >= 0.3 is 0 Å². The molecule has 0 atom stereocenters. The van der Waals surface area contributed by atoms with E-state index >= 15 is 0 Å². The molecule has 4 heteroatoms. The zero-order valence-corrected chi connectivity index (χ0v) is 12.3. The van der Waals surface area contributed by atoms with Gasteiger partial charge in [-0.1, -0.05) is 25.9 Å². The summed E-state index contributed by atoms with van der Waals surface area (Å²) in [4.78, 5) is 0. The van der Waals surface area contributed by atoms with Crippen molar-refractivity contribution in [2.45, 2.75) is 71.8 Å². The van der Waals surface area contributed by atoms with Crippen LogP contribution >= 0.6 is 0 Å². The predicted molar refractivity (Wildman–Crippen MR) is 74.7 cm³/mol. The fourth-order valence-electron chi connectivity index (χ4n) is 2.41. The molecule has 1 aromatic rings. The van der Waals surface area contributed by atoms with Crippen molar-refractivity contribution in [3.8, 4) is 0 Å².